The van der Waals surface area contributed by atoms with Crippen LogP contribution in [0.4, 0.5) is 0 Å². The average Bonchev–Trinajstić information content (AvgIpc) is 3.09. The number of nitrogens with zero attached hydrogens (tertiary/aromatic N) is 5. The molecule has 152 valence electrons. The molecule has 1 saturated heterocycles. The van der Waals surface area contributed by atoms with Crippen LogP contribution in [-0.4, -0.2) is 75.6 Å². The summed E-state index contributed by atoms with van der Waals surface area (Å²) in [6.07, 6.45) is 5.66. The van der Waals surface area contributed by atoms with Gasteiger partial charge in [-0.1, -0.05) is 6.92 Å². The molecule has 0 spiro atoms. The second-order valence-corrected chi connectivity index (χ2v) is 7.55. The van der Waals surface area contributed by atoms with Gasteiger partial charge in [0.1, 0.15) is 5.82 Å². The Morgan fingerprint density at radius 1 is 1.26 bits per heavy atom. The maximum atomic E-state index is 9.59. The van der Waals surface area contributed by atoms with Crippen molar-refractivity contribution in [2.24, 2.45) is 4.99 Å². The summed E-state index contributed by atoms with van der Waals surface area (Å²) < 4.78 is 2.05. The zero-order chi connectivity index (χ0) is 19.1. The van der Waals surface area contributed by atoms with E-state index < -0.39 is 0 Å². The summed E-state index contributed by atoms with van der Waals surface area (Å²) in [6, 6.07) is 0.338. The van der Waals surface area contributed by atoms with E-state index in [0.29, 0.717) is 6.04 Å². The number of aliphatic hydroxyl groups is 1. The second kappa shape index (κ2) is 10.0. The molecule has 8 heteroatoms. The lowest BCUT2D eigenvalue weighted by Gasteiger charge is -2.29. The third-order valence-electron chi connectivity index (χ3n) is 5.36. The highest BCUT2D eigenvalue weighted by molar-refractivity contribution is 5.80. The Morgan fingerprint density at radius 2 is 2.07 bits per heavy atom. The predicted octanol–water partition coefficient (Wildman–Crippen LogP) is 0.557. The van der Waals surface area contributed by atoms with Crippen molar-refractivity contribution in [1.82, 2.24) is 30.3 Å². The van der Waals surface area contributed by atoms with Crippen LogP contribution in [0.3, 0.4) is 0 Å². The Bertz CT molecular complexity index is 607. The topological polar surface area (TPSA) is 90.6 Å². The third-order valence-corrected chi connectivity index (χ3v) is 5.36. The molecule has 8 nitrogen and oxygen atoms in total. The van der Waals surface area contributed by atoms with Gasteiger partial charge >= 0.3 is 0 Å². The van der Waals surface area contributed by atoms with Crippen LogP contribution in [0.25, 0.3) is 0 Å². The van der Waals surface area contributed by atoms with E-state index in [4.69, 9.17) is 4.99 Å². The molecule has 0 saturated carbocycles. The number of hydrogen-bond donors (Lipinski definition) is 3. The van der Waals surface area contributed by atoms with Crippen LogP contribution in [-0.2, 0) is 19.4 Å². The van der Waals surface area contributed by atoms with E-state index in [1.54, 1.807) is 0 Å². The van der Waals surface area contributed by atoms with Gasteiger partial charge in [0.25, 0.3) is 0 Å². The minimum atomic E-state index is -0.0989. The molecule has 0 aliphatic carbocycles. The van der Waals surface area contributed by atoms with Crippen molar-refractivity contribution >= 4 is 5.96 Å². The molecule has 3 rings (SSSR count). The molecular formula is C19H35N7O. The standard InChI is InChI=1S/C19H35N7O/c1-3-17-23-18-7-6-15(14-26(18)24-17)22-19(20-4-2)21-10-5-11-25-12-8-16(27)9-13-25/h15-16,27H,3-14H2,1-2H3,(H2,20,21,22). The minimum absolute atomic E-state index is 0.0989. The Labute approximate surface area is 162 Å². The molecule has 1 aromatic heterocycles. The highest BCUT2D eigenvalue weighted by Gasteiger charge is 2.22. The average molecular weight is 378 g/mol. The number of rotatable bonds is 7. The van der Waals surface area contributed by atoms with Gasteiger partial charge in [0, 0.05) is 45.1 Å². The van der Waals surface area contributed by atoms with Gasteiger partial charge in [-0.15, -0.1) is 0 Å². The van der Waals surface area contributed by atoms with Gasteiger partial charge in [-0.2, -0.15) is 5.10 Å². The zero-order valence-corrected chi connectivity index (χ0v) is 16.8. The molecule has 3 heterocycles. The van der Waals surface area contributed by atoms with Gasteiger partial charge in [0.2, 0.25) is 0 Å². The number of hydrogen-bond acceptors (Lipinski definition) is 5. The summed E-state index contributed by atoms with van der Waals surface area (Å²) in [6.45, 7) is 9.78. The fraction of sp³-hybridized carbons (Fsp3) is 0.842. The van der Waals surface area contributed by atoms with Crippen LogP contribution in [0.2, 0.25) is 0 Å². The summed E-state index contributed by atoms with van der Waals surface area (Å²) in [7, 11) is 0. The molecule has 3 N–H and O–H groups in total. The first-order valence-corrected chi connectivity index (χ1v) is 10.6. The summed E-state index contributed by atoms with van der Waals surface area (Å²) in [5, 5.41) is 21.1. The van der Waals surface area contributed by atoms with E-state index in [2.05, 4.69) is 39.5 Å². The van der Waals surface area contributed by atoms with Crippen LogP contribution < -0.4 is 10.6 Å². The lowest BCUT2D eigenvalue weighted by molar-refractivity contribution is 0.0824. The predicted molar refractivity (Wildman–Crippen MR) is 107 cm³/mol. The Balaban J connectivity index is 1.44. The van der Waals surface area contributed by atoms with Gasteiger partial charge in [-0.25, -0.2) is 9.67 Å². The monoisotopic (exact) mass is 377 g/mol. The molecule has 0 amide bonds. The summed E-state index contributed by atoms with van der Waals surface area (Å²) >= 11 is 0. The zero-order valence-electron chi connectivity index (χ0n) is 16.8. The summed E-state index contributed by atoms with van der Waals surface area (Å²) in [4.78, 5) is 11.8. The number of aliphatic imine (C=N–C) groups is 1. The van der Waals surface area contributed by atoms with Gasteiger partial charge in [0.05, 0.1) is 12.6 Å². The minimum Gasteiger partial charge on any atom is -0.393 e. The lowest BCUT2D eigenvalue weighted by Crippen LogP contribution is -2.47. The van der Waals surface area contributed by atoms with Crippen LogP contribution in [0.5, 0.6) is 0 Å². The smallest absolute Gasteiger partial charge is 0.191 e. The van der Waals surface area contributed by atoms with Gasteiger partial charge < -0.3 is 20.6 Å². The highest BCUT2D eigenvalue weighted by Crippen LogP contribution is 2.13. The first kappa shape index (κ1) is 20.1. The molecule has 1 aromatic rings. The Hall–Kier alpha value is -1.67. The molecular weight excluding hydrogens is 342 g/mol. The third kappa shape index (κ3) is 5.90. The molecule has 2 aliphatic rings. The quantitative estimate of drug-likeness (QED) is 0.365. The van der Waals surface area contributed by atoms with Crippen molar-refractivity contribution in [2.75, 3.05) is 32.7 Å². The van der Waals surface area contributed by atoms with Gasteiger partial charge in [-0.05, 0) is 39.2 Å². The molecule has 0 bridgehead atoms. The van der Waals surface area contributed by atoms with Crippen molar-refractivity contribution in [1.29, 1.82) is 0 Å². The molecule has 1 atom stereocenters. The number of aromatic nitrogens is 3. The fourth-order valence-corrected chi connectivity index (χ4v) is 3.77. The molecule has 0 radical (unpaired) electrons. The van der Waals surface area contributed by atoms with Gasteiger partial charge in [-0.3, -0.25) is 4.99 Å². The summed E-state index contributed by atoms with van der Waals surface area (Å²) in [5.74, 6) is 2.95. The second-order valence-electron chi connectivity index (χ2n) is 7.55. The SMILES string of the molecule is CCNC(=NCCCN1CCC(O)CC1)NC1CCc2nc(CC)nn2C1. The van der Waals surface area contributed by atoms with Crippen LogP contribution in [0.15, 0.2) is 4.99 Å². The van der Waals surface area contributed by atoms with E-state index >= 15 is 0 Å². The maximum Gasteiger partial charge on any atom is 0.191 e. The van der Waals surface area contributed by atoms with Crippen molar-refractivity contribution < 1.29 is 5.11 Å². The first-order chi connectivity index (χ1) is 13.2. The number of likely N-dealkylation sites (tertiary alicyclic amines) is 1. The maximum absolute atomic E-state index is 9.59. The molecule has 1 unspecified atom stereocenters. The van der Waals surface area contributed by atoms with Crippen LogP contribution >= 0.6 is 0 Å². The first-order valence-electron chi connectivity index (χ1n) is 10.6. The number of aryl methyl sites for hydroxylation is 2. The van der Waals surface area contributed by atoms with E-state index in [1.807, 2.05) is 4.68 Å². The van der Waals surface area contributed by atoms with E-state index in [0.717, 1.165) is 95.4 Å². The number of aliphatic hydroxyl groups excluding tert-OH is 1. The van der Waals surface area contributed by atoms with E-state index in [-0.39, 0.29) is 6.10 Å². The molecule has 2 aliphatic heterocycles. The van der Waals surface area contributed by atoms with E-state index in [9.17, 15) is 5.11 Å². The highest BCUT2D eigenvalue weighted by atomic mass is 16.3. The fourth-order valence-electron chi connectivity index (χ4n) is 3.77. The van der Waals surface area contributed by atoms with E-state index in [1.165, 1.54) is 0 Å². The Morgan fingerprint density at radius 3 is 2.81 bits per heavy atom. The van der Waals surface area contributed by atoms with Crippen molar-refractivity contribution in [3.8, 4) is 0 Å². The summed E-state index contributed by atoms with van der Waals surface area (Å²) in [5.41, 5.74) is 0. The molecule has 1 fully saturated rings. The van der Waals surface area contributed by atoms with Crippen molar-refractivity contribution in [2.45, 2.75) is 71.1 Å². The van der Waals surface area contributed by atoms with Crippen molar-refractivity contribution in [3.05, 3.63) is 11.6 Å². The van der Waals surface area contributed by atoms with Crippen LogP contribution in [0, 0.1) is 0 Å². The normalized spacial score (nSPS) is 21.9. The lowest BCUT2D eigenvalue weighted by atomic mass is 10.1. The molecule has 0 aromatic carbocycles. The van der Waals surface area contributed by atoms with Crippen LogP contribution in [0.1, 0.15) is 51.2 Å². The Kier molecular flexibility index (Phi) is 7.46. The largest absolute Gasteiger partial charge is 0.393 e. The van der Waals surface area contributed by atoms with Gasteiger partial charge in [0.15, 0.2) is 11.8 Å². The number of nitrogens with one attached hydrogen (secondary N) is 2. The number of guanidine groups is 1. The number of fused-ring (bicyclic) bond motifs is 1. The molecule has 27 heavy (non-hydrogen) atoms. The van der Waals surface area contributed by atoms with Crippen molar-refractivity contribution in [3.63, 3.8) is 0 Å². The number of piperidine rings is 1.